The zero-order chi connectivity index (χ0) is 14.3. The summed E-state index contributed by atoms with van der Waals surface area (Å²) < 4.78 is 10.9. The van der Waals surface area contributed by atoms with Crippen molar-refractivity contribution in [2.75, 3.05) is 13.2 Å². The van der Waals surface area contributed by atoms with E-state index in [1.165, 1.54) is 6.07 Å². The van der Waals surface area contributed by atoms with Crippen LogP contribution in [0, 0.1) is 3.57 Å². The molecule has 0 bridgehead atoms. The van der Waals surface area contributed by atoms with Crippen molar-refractivity contribution in [3.63, 3.8) is 0 Å². The Morgan fingerprint density at radius 3 is 1.74 bits per heavy atom. The molecule has 1 aromatic rings. The number of carbonyl (C=O) groups excluding carboxylic acids is 2. The molecule has 0 aliphatic heterocycles. The van der Waals surface area contributed by atoms with Crippen molar-refractivity contribution in [1.29, 1.82) is 0 Å². The van der Waals surface area contributed by atoms with Crippen LogP contribution in [-0.4, -0.2) is 25.2 Å². The summed E-state index contributed by atoms with van der Waals surface area (Å²) in [5.41, 5.74) is 0.757. The highest BCUT2D eigenvalue weighted by Gasteiger charge is 2.14. The average Bonchev–Trinajstić information content (AvgIpc) is 2.41. The van der Waals surface area contributed by atoms with Crippen molar-refractivity contribution >= 4 is 34.5 Å². The van der Waals surface area contributed by atoms with Crippen LogP contribution in [-0.2, 0) is 9.47 Å². The smallest absolute Gasteiger partial charge is 0.338 e. The van der Waals surface area contributed by atoms with Crippen molar-refractivity contribution < 1.29 is 19.1 Å². The first-order valence-electron chi connectivity index (χ1n) is 6.23. The van der Waals surface area contributed by atoms with Crippen molar-refractivity contribution in [3.05, 3.63) is 32.9 Å². The van der Waals surface area contributed by atoms with E-state index in [0.29, 0.717) is 24.3 Å². The van der Waals surface area contributed by atoms with Gasteiger partial charge >= 0.3 is 11.9 Å². The van der Waals surface area contributed by atoms with E-state index in [4.69, 9.17) is 9.47 Å². The third-order valence-electron chi connectivity index (χ3n) is 2.24. The van der Waals surface area contributed by atoms with Crippen LogP contribution in [0.4, 0.5) is 0 Å². The predicted molar refractivity (Wildman–Crippen MR) is 80.3 cm³/mol. The molecule has 0 heterocycles. The summed E-state index contributed by atoms with van der Waals surface area (Å²) in [4.78, 5) is 23.5. The molecule has 4 nitrogen and oxygen atoms in total. The normalized spacial score (nSPS) is 10.1. The Kier molecular flexibility index (Phi) is 6.83. The Morgan fingerprint density at radius 2 is 1.37 bits per heavy atom. The second-order valence-corrected chi connectivity index (χ2v) is 5.25. The minimum absolute atomic E-state index is 0.375. The van der Waals surface area contributed by atoms with E-state index >= 15 is 0 Å². The monoisotopic (exact) mass is 376 g/mol. The van der Waals surface area contributed by atoms with Gasteiger partial charge < -0.3 is 9.47 Å². The standard InChI is InChI=1S/C14H17IO4/c1-3-5-18-13(16)10-7-11(9-12(15)8-10)14(17)19-6-4-2/h7-9H,3-6H2,1-2H3. The van der Waals surface area contributed by atoms with Gasteiger partial charge in [0, 0.05) is 3.57 Å². The number of esters is 2. The van der Waals surface area contributed by atoms with E-state index in [0.717, 1.165) is 16.4 Å². The zero-order valence-electron chi connectivity index (χ0n) is 11.1. The maximum absolute atomic E-state index is 11.8. The lowest BCUT2D eigenvalue weighted by Crippen LogP contribution is -2.10. The quantitative estimate of drug-likeness (QED) is 0.564. The van der Waals surface area contributed by atoms with E-state index < -0.39 is 11.9 Å². The molecule has 0 N–H and O–H groups in total. The first-order valence-corrected chi connectivity index (χ1v) is 7.31. The van der Waals surface area contributed by atoms with Gasteiger partial charge in [0.1, 0.15) is 0 Å². The Balaban J connectivity index is 2.87. The molecule has 0 aliphatic rings. The molecule has 0 radical (unpaired) electrons. The first kappa shape index (κ1) is 15.9. The second kappa shape index (κ2) is 8.14. The molecule has 0 saturated carbocycles. The highest BCUT2D eigenvalue weighted by atomic mass is 127. The Hall–Kier alpha value is -1.11. The summed E-state index contributed by atoms with van der Waals surface area (Å²) in [7, 11) is 0. The zero-order valence-corrected chi connectivity index (χ0v) is 13.2. The molecular weight excluding hydrogens is 359 g/mol. The fourth-order valence-electron chi connectivity index (χ4n) is 1.38. The van der Waals surface area contributed by atoms with Gasteiger partial charge in [-0.25, -0.2) is 9.59 Å². The van der Waals surface area contributed by atoms with Crippen LogP contribution in [0.25, 0.3) is 0 Å². The molecular formula is C14H17IO4. The number of carbonyl (C=O) groups is 2. The van der Waals surface area contributed by atoms with Crippen LogP contribution >= 0.6 is 22.6 Å². The highest BCUT2D eigenvalue weighted by Crippen LogP contribution is 2.15. The summed E-state index contributed by atoms with van der Waals surface area (Å²) in [6.45, 7) is 4.60. The maximum Gasteiger partial charge on any atom is 0.338 e. The van der Waals surface area contributed by atoms with Crippen LogP contribution in [0.2, 0.25) is 0 Å². The van der Waals surface area contributed by atoms with Gasteiger partial charge in [-0.15, -0.1) is 0 Å². The fraction of sp³-hybridized carbons (Fsp3) is 0.429. The summed E-state index contributed by atoms with van der Waals surface area (Å²) in [5.74, 6) is -0.824. The lowest BCUT2D eigenvalue weighted by Gasteiger charge is -2.07. The van der Waals surface area contributed by atoms with Gasteiger partial charge in [0.05, 0.1) is 24.3 Å². The van der Waals surface area contributed by atoms with Crippen molar-refractivity contribution in [1.82, 2.24) is 0 Å². The van der Waals surface area contributed by atoms with Gasteiger partial charge in [0.2, 0.25) is 0 Å². The van der Waals surface area contributed by atoms with Gasteiger partial charge in [0.25, 0.3) is 0 Å². The molecule has 0 amide bonds. The molecule has 19 heavy (non-hydrogen) atoms. The van der Waals surface area contributed by atoms with Crippen LogP contribution in [0.15, 0.2) is 18.2 Å². The molecule has 0 aliphatic carbocycles. The number of ether oxygens (including phenoxy) is 2. The molecule has 0 saturated heterocycles. The Labute approximate surface area is 126 Å². The SMILES string of the molecule is CCCOC(=O)c1cc(I)cc(C(=O)OCCC)c1. The largest absolute Gasteiger partial charge is 0.462 e. The van der Waals surface area contributed by atoms with E-state index in [-0.39, 0.29) is 0 Å². The third-order valence-corrected chi connectivity index (χ3v) is 2.87. The van der Waals surface area contributed by atoms with Gasteiger partial charge in [0.15, 0.2) is 0 Å². The second-order valence-electron chi connectivity index (χ2n) is 4.00. The molecule has 0 fully saturated rings. The topological polar surface area (TPSA) is 52.6 Å². The summed E-state index contributed by atoms with van der Waals surface area (Å²) in [5, 5.41) is 0. The van der Waals surface area contributed by atoms with E-state index in [1.54, 1.807) is 12.1 Å². The number of halogens is 1. The Bertz CT molecular complexity index is 419. The van der Waals surface area contributed by atoms with Crippen LogP contribution in [0.1, 0.15) is 47.4 Å². The molecule has 0 unspecified atom stereocenters. The Morgan fingerprint density at radius 1 is 0.947 bits per heavy atom. The van der Waals surface area contributed by atoms with E-state index in [2.05, 4.69) is 22.6 Å². The maximum atomic E-state index is 11.8. The molecule has 0 aromatic heterocycles. The number of benzene rings is 1. The van der Waals surface area contributed by atoms with Gasteiger partial charge in [-0.3, -0.25) is 0 Å². The van der Waals surface area contributed by atoms with Crippen LogP contribution < -0.4 is 0 Å². The van der Waals surface area contributed by atoms with Gasteiger partial charge in [-0.1, -0.05) is 13.8 Å². The summed E-state index contributed by atoms with van der Waals surface area (Å²) >= 11 is 2.06. The molecule has 1 aromatic carbocycles. The molecule has 0 spiro atoms. The average molecular weight is 376 g/mol. The number of rotatable bonds is 6. The number of hydrogen-bond acceptors (Lipinski definition) is 4. The van der Waals surface area contributed by atoms with Crippen LogP contribution in [0.3, 0.4) is 0 Å². The lowest BCUT2D eigenvalue weighted by atomic mass is 10.1. The van der Waals surface area contributed by atoms with Crippen molar-refractivity contribution in [3.8, 4) is 0 Å². The summed E-state index contributed by atoms with van der Waals surface area (Å²) in [6.07, 6.45) is 1.53. The summed E-state index contributed by atoms with van der Waals surface area (Å²) in [6, 6.07) is 4.89. The minimum Gasteiger partial charge on any atom is -0.462 e. The lowest BCUT2D eigenvalue weighted by molar-refractivity contribution is 0.0503. The van der Waals surface area contributed by atoms with Gasteiger partial charge in [-0.2, -0.15) is 0 Å². The molecule has 5 heteroatoms. The van der Waals surface area contributed by atoms with Crippen molar-refractivity contribution in [2.45, 2.75) is 26.7 Å². The van der Waals surface area contributed by atoms with E-state index in [9.17, 15) is 9.59 Å². The fourth-order valence-corrected chi connectivity index (χ4v) is 2.05. The van der Waals surface area contributed by atoms with E-state index in [1.807, 2.05) is 13.8 Å². The molecule has 0 atom stereocenters. The molecule has 104 valence electrons. The highest BCUT2D eigenvalue weighted by molar-refractivity contribution is 14.1. The van der Waals surface area contributed by atoms with Crippen LogP contribution in [0.5, 0.6) is 0 Å². The minimum atomic E-state index is -0.412. The van der Waals surface area contributed by atoms with Crippen molar-refractivity contribution in [2.24, 2.45) is 0 Å². The first-order chi connectivity index (χ1) is 9.08. The number of hydrogen-bond donors (Lipinski definition) is 0. The predicted octanol–water partition coefficient (Wildman–Crippen LogP) is 3.42. The third kappa shape index (κ3) is 5.18. The van der Waals surface area contributed by atoms with Gasteiger partial charge in [-0.05, 0) is 53.6 Å². The molecule has 1 rings (SSSR count).